The summed E-state index contributed by atoms with van der Waals surface area (Å²) in [5, 5.41) is 0. The first kappa shape index (κ1) is 13.2. The van der Waals surface area contributed by atoms with E-state index in [-0.39, 0.29) is 12.1 Å². The van der Waals surface area contributed by atoms with Crippen LogP contribution in [0.2, 0.25) is 0 Å². The summed E-state index contributed by atoms with van der Waals surface area (Å²) >= 11 is 0. The third-order valence-electron chi connectivity index (χ3n) is 4.34. The number of fused-ring (bicyclic) bond motifs is 3. The third-order valence-corrected chi connectivity index (χ3v) is 6.31. The van der Waals surface area contributed by atoms with Gasteiger partial charge in [0.15, 0.2) is 11.5 Å². The van der Waals surface area contributed by atoms with Gasteiger partial charge in [-0.1, -0.05) is 12.2 Å². The predicted molar refractivity (Wildman–Crippen MR) is 77.0 cm³/mol. The Morgan fingerprint density at radius 2 is 1.90 bits per heavy atom. The second kappa shape index (κ2) is 4.74. The topological polar surface area (TPSA) is 55.8 Å². The van der Waals surface area contributed by atoms with Gasteiger partial charge < -0.3 is 9.47 Å². The van der Waals surface area contributed by atoms with Gasteiger partial charge in [-0.25, -0.2) is 8.42 Å². The van der Waals surface area contributed by atoms with Gasteiger partial charge in [-0.3, -0.25) is 0 Å². The largest absolute Gasteiger partial charge is 0.486 e. The Morgan fingerprint density at radius 3 is 2.71 bits per heavy atom. The first-order valence-electron chi connectivity index (χ1n) is 7.26. The highest BCUT2D eigenvalue weighted by atomic mass is 32.2. The molecule has 0 saturated carbocycles. The van der Waals surface area contributed by atoms with Gasteiger partial charge in [-0.15, -0.1) is 0 Å². The number of ether oxygens (including phenoxy) is 2. The Bertz CT molecular complexity index is 698. The molecule has 1 aromatic rings. The van der Waals surface area contributed by atoms with Crippen LogP contribution in [0.3, 0.4) is 0 Å². The van der Waals surface area contributed by atoms with Crippen LogP contribution >= 0.6 is 0 Å². The summed E-state index contributed by atoms with van der Waals surface area (Å²) in [5.41, 5.74) is 0. The van der Waals surface area contributed by atoms with Crippen LogP contribution in [-0.2, 0) is 10.0 Å². The Morgan fingerprint density at radius 1 is 1.10 bits per heavy atom. The zero-order chi connectivity index (χ0) is 14.4. The van der Waals surface area contributed by atoms with E-state index in [2.05, 4.69) is 6.08 Å². The van der Waals surface area contributed by atoms with Crippen LogP contribution in [0.15, 0.2) is 35.2 Å². The minimum Gasteiger partial charge on any atom is -0.486 e. The molecule has 21 heavy (non-hydrogen) atoms. The van der Waals surface area contributed by atoms with E-state index in [1.54, 1.807) is 22.5 Å². The average molecular weight is 307 g/mol. The standard InChI is InChI=1S/C15H17NO4S/c17-21(18,16-11-2-1-3-12(16)5-4-11)13-6-7-14-15(10-13)20-9-8-19-14/h1-2,6-7,10-12H,3-5,8-9H2. The molecule has 0 N–H and O–H groups in total. The molecule has 1 fully saturated rings. The molecule has 6 heteroatoms. The second-order valence-corrected chi connectivity index (χ2v) is 7.45. The molecule has 2 bridgehead atoms. The van der Waals surface area contributed by atoms with Gasteiger partial charge >= 0.3 is 0 Å². The van der Waals surface area contributed by atoms with Crippen LogP contribution in [-0.4, -0.2) is 38.0 Å². The zero-order valence-electron chi connectivity index (χ0n) is 11.6. The van der Waals surface area contributed by atoms with E-state index < -0.39 is 10.0 Å². The molecule has 3 aliphatic heterocycles. The van der Waals surface area contributed by atoms with Crippen molar-refractivity contribution in [1.29, 1.82) is 0 Å². The van der Waals surface area contributed by atoms with Crippen LogP contribution in [0.1, 0.15) is 19.3 Å². The van der Waals surface area contributed by atoms with E-state index in [4.69, 9.17) is 9.47 Å². The number of nitrogens with zero attached hydrogens (tertiary/aromatic N) is 1. The van der Waals surface area contributed by atoms with Crippen LogP contribution in [0.25, 0.3) is 0 Å². The van der Waals surface area contributed by atoms with E-state index in [1.807, 2.05) is 6.08 Å². The summed E-state index contributed by atoms with van der Waals surface area (Å²) in [6.45, 7) is 0.953. The van der Waals surface area contributed by atoms with Crippen molar-refractivity contribution < 1.29 is 17.9 Å². The first-order chi connectivity index (χ1) is 10.2. The molecule has 0 aromatic heterocycles. The van der Waals surface area contributed by atoms with Gasteiger partial charge in [0.25, 0.3) is 0 Å². The predicted octanol–water partition coefficient (Wildman–Crippen LogP) is 1.94. The number of hydrogen-bond donors (Lipinski definition) is 0. The zero-order valence-corrected chi connectivity index (χ0v) is 12.4. The van der Waals surface area contributed by atoms with E-state index in [0.29, 0.717) is 29.6 Å². The lowest BCUT2D eigenvalue weighted by atomic mass is 10.2. The molecule has 0 aliphatic carbocycles. The summed E-state index contributed by atoms with van der Waals surface area (Å²) in [6.07, 6.45) is 6.75. The molecule has 2 atom stereocenters. The van der Waals surface area contributed by atoms with Gasteiger partial charge in [-0.05, 0) is 31.4 Å². The molecule has 112 valence electrons. The maximum absolute atomic E-state index is 12.9. The molecule has 0 amide bonds. The molecule has 1 aromatic carbocycles. The number of benzene rings is 1. The molecule has 0 spiro atoms. The molecule has 3 heterocycles. The minimum atomic E-state index is -3.48. The molecule has 0 radical (unpaired) electrons. The van der Waals surface area contributed by atoms with Gasteiger partial charge in [0.05, 0.1) is 4.90 Å². The van der Waals surface area contributed by atoms with Crippen molar-refractivity contribution in [3.63, 3.8) is 0 Å². The van der Waals surface area contributed by atoms with Crippen LogP contribution in [0, 0.1) is 0 Å². The monoisotopic (exact) mass is 307 g/mol. The Hall–Kier alpha value is -1.53. The summed E-state index contributed by atoms with van der Waals surface area (Å²) in [6, 6.07) is 4.98. The molecule has 1 saturated heterocycles. The smallest absolute Gasteiger partial charge is 0.244 e. The van der Waals surface area contributed by atoms with E-state index in [1.165, 1.54) is 0 Å². The number of sulfonamides is 1. The highest BCUT2D eigenvalue weighted by Crippen LogP contribution is 2.39. The lowest BCUT2D eigenvalue weighted by molar-refractivity contribution is 0.171. The van der Waals surface area contributed by atoms with Gasteiger partial charge in [-0.2, -0.15) is 4.31 Å². The molecule has 3 aliphatic rings. The molecule has 4 rings (SSSR count). The molecular formula is C15H17NO4S. The fourth-order valence-electron chi connectivity index (χ4n) is 3.36. The first-order valence-corrected chi connectivity index (χ1v) is 8.70. The number of rotatable bonds is 2. The van der Waals surface area contributed by atoms with Crippen molar-refractivity contribution in [1.82, 2.24) is 4.31 Å². The van der Waals surface area contributed by atoms with Crippen molar-refractivity contribution >= 4 is 10.0 Å². The normalized spacial score (nSPS) is 27.8. The van der Waals surface area contributed by atoms with Crippen LogP contribution < -0.4 is 9.47 Å². The van der Waals surface area contributed by atoms with E-state index in [0.717, 1.165) is 19.3 Å². The van der Waals surface area contributed by atoms with E-state index in [9.17, 15) is 8.42 Å². The summed E-state index contributed by atoms with van der Waals surface area (Å²) in [4.78, 5) is 0.291. The van der Waals surface area contributed by atoms with E-state index >= 15 is 0 Å². The van der Waals surface area contributed by atoms with Gasteiger partial charge in [0.2, 0.25) is 10.0 Å². The quantitative estimate of drug-likeness (QED) is 0.784. The van der Waals surface area contributed by atoms with Crippen molar-refractivity contribution in [2.45, 2.75) is 36.2 Å². The third kappa shape index (κ3) is 2.05. The summed E-state index contributed by atoms with van der Waals surface area (Å²) in [5.74, 6) is 1.13. The SMILES string of the molecule is O=S(=O)(c1ccc2c(c1)OCCO2)N1C2C=CCC1CC2. The average Bonchev–Trinajstić information content (AvgIpc) is 2.78. The highest BCUT2D eigenvalue weighted by Gasteiger charge is 2.42. The molecule has 2 unspecified atom stereocenters. The fraction of sp³-hybridized carbons (Fsp3) is 0.467. The lowest BCUT2D eigenvalue weighted by Crippen LogP contribution is -2.42. The highest BCUT2D eigenvalue weighted by molar-refractivity contribution is 7.89. The Labute approximate surface area is 124 Å². The van der Waals surface area contributed by atoms with Crippen molar-refractivity contribution in [2.75, 3.05) is 13.2 Å². The minimum absolute atomic E-state index is 0.00181. The maximum atomic E-state index is 12.9. The number of hydrogen-bond acceptors (Lipinski definition) is 4. The Balaban J connectivity index is 1.73. The van der Waals surface area contributed by atoms with Crippen LogP contribution in [0.5, 0.6) is 11.5 Å². The van der Waals surface area contributed by atoms with Gasteiger partial charge in [0, 0.05) is 18.2 Å². The fourth-order valence-corrected chi connectivity index (χ4v) is 5.22. The van der Waals surface area contributed by atoms with Crippen molar-refractivity contribution in [3.8, 4) is 11.5 Å². The van der Waals surface area contributed by atoms with Gasteiger partial charge in [0.1, 0.15) is 13.2 Å². The second-order valence-electron chi connectivity index (χ2n) is 5.60. The molecular weight excluding hydrogens is 290 g/mol. The Kier molecular flexibility index (Phi) is 2.97. The van der Waals surface area contributed by atoms with Crippen molar-refractivity contribution in [2.24, 2.45) is 0 Å². The summed E-state index contributed by atoms with van der Waals surface area (Å²) < 4.78 is 38.5. The van der Waals surface area contributed by atoms with Crippen LogP contribution in [0.4, 0.5) is 0 Å². The van der Waals surface area contributed by atoms with Crippen molar-refractivity contribution in [3.05, 3.63) is 30.4 Å². The summed E-state index contributed by atoms with van der Waals surface area (Å²) in [7, 11) is -3.48. The lowest BCUT2D eigenvalue weighted by Gasteiger charge is -2.30. The maximum Gasteiger partial charge on any atom is 0.244 e. The molecule has 5 nitrogen and oxygen atoms in total.